The van der Waals surface area contributed by atoms with Gasteiger partial charge in [-0.1, -0.05) is 0 Å². The summed E-state index contributed by atoms with van der Waals surface area (Å²) in [6.07, 6.45) is 5.16. The van der Waals surface area contributed by atoms with Gasteiger partial charge in [-0.25, -0.2) is 13.8 Å². The van der Waals surface area contributed by atoms with E-state index in [9.17, 15) is 23.8 Å². The van der Waals surface area contributed by atoms with Crippen LogP contribution in [0, 0.1) is 11.6 Å². The molecule has 3 N–H and O–H groups in total. The average molecular weight is 528 g/mol. The van der Waals surface area contributed by atoms with Crippen molar-refractivity contribution in [2.45, 2.75) is 56.5 Å². The van der Waals surface area contributed by atoms with Crippen molar-refractivity contribution in [3.8, 4) is 5.88 Å². The lowest BCUT2D eigenvalue weighted by Crippen LogP contribution is -2.50. The van der Waals surface area contributed by atoms with E-state index < -0.39 is 42.4 Å². The van der Waals surface area contributed by atoms with Crippen molar-refractivity contribution in [2.75, 3.05) is 13.7 Å². The molecule has 1 fully saturated rings. The molecule has 1 aromatic carbocycles. The van der Waals surface area contributed by atoms with Crippen LogP contribution in [0.5, 0.6) is 5.88 Å². The number of nitrogens with one attached hydrogen (secondary N) is 1. The molecule has 1 saturated heterocycles. The van der Waals surface area contributed by atoms with Crippen molar-refractivity contribution in [3.63, 3.8) is 0 Å². The van der Waals surface area contributed by atoms with E-state index in [0.717, 1.165) is 40.9 Å². The van der Waals surface area contributed by atoms with E-state index in [2.05, 4.69) is 15.3 Å². The molecule has 4 rings (SSSR count). The third-order valence-electron chi connectivity index (χ3n) is 6.62. The van der Waals surface area contributed by atoms with Crippen molar-refractivity contribution in [3.05, 3.63) is 71.4 Å². The molecule has 0 unspecified atom stereocenters. The molecule has 3 heterocycles. The van der Waals surface area contributed by atoms with Gasteiger partial charge in [-0.2, -0.15) is 0 Å². The third kappa shape index (κ3) is 7.09. The number of halogens is 2. The molecular formula is C28H31F2N3O5. The van der Waals surface area contributed by atoms with Crippen LogP contribution in [-0.4, -0.2) is 64.2 Å². The molecule has 8 nitrogen and oxygen atoms in total. The Kier molecular flexibility index (Phi) is 9.33. The number of carbonyl (C=O) groups excluding carboxylic acids is 1. The number of rotatable bonds is 10. The summed E-state index contributed by atoms with van der Waals surface area (Å²) >= 11 is 0. The molecule has 1 amide bonds. The molecule has 0 spiro atoms. The highest BCUT2D eigenvalue weighted by atomic mass is 19.1. The van der Waals surface area contributed by atoms with Crippen LogP contribution in [0.4, 0.5) is 8.78 Å². The lowest BCUT2D eigenvalue weighted by atomic mass is 9.92. The largest absolute Gasteiger partial charge is 0.481 e. The van der Waals surface area contributed by atoms with E-state index in [4.69, 9.17) is 9.47 Å². The van der Waals surface area contributed by atoms with Gasteiger partial charge in [-0.15, -0.1) is 0 Å². The Balaban J connectivity index is 1.40. The predicted molar refractivity (Wildman–Crippen MR) is 137 cm³/mol. The average Bonchev–Trinajstić information content (AvgIpc) is 2.93. The van der Waals surface area contributed by atoms with Crippen LogP contribution in [0.2, 0.25) is 0 Å². The maximum absolute atomic E-state index is 13.9. The van der Waals surface area contributed by atoms with E-state index in [0.29, 0.717) is 31.6 Å². The maximum Gasteiger partial charge on any atom is 0.244 e. The number of methoxy groups -OCH3 is 1. The Morgan fingerprint density at radius 1 is 1.26 bits per heavy atom. The van der Waals surface area contributed by atoms with Gasteiger partial charge in [-0.05, 0) is 67.7 Å². The Morgan fingerprint density at radius 2 is 2.11 bits per heavy atom. The predicted octanol–water partition coefficient (Wildman–Crippen LogP) is 3.34. The fraction of sp³-hybridized carbons (Fsp3) is 0.393. The molecule has 2 aromatic heterocycles. The molecule has 0 saturated carbocycles. The van der Waals surface area contributed by atoms with Crippen molar-refractivity contribution < 1.29 is 33.3 Å². The minimum absolute atomic E-state index is 0.0388. The molecule has 1 aliphatic rings. The molecule has 1 aliphatic heterocycles. The van der Waals surface area contributed by atoms with Crippen LogP contribution in [0.25, 0.3) is 17.1 Å². The molecule has 3 aromatic rings. The molecular weight excluding hydrogens is 496 g/mol. The number of ether oxygens (including phenoxy) is 2. The van der Waals surface area contributed by atoms with Crippen LogP contribution < -0.4 is 10.1 Å². The number of aliphatic hydroxyl groups is 2. The highest BCUT2D eigenvalue weighted by molar-refractivity contribution is 5.92. The number of hydrogen-bond donors (Lipinski definition) is 3. The zero-order valence-corrected chi connectivity index (χ0v) is 21.0. The van der Waals surface area contributed by atoms with E-state index >= 15 is 0 Å². The lowest BCUT2D eigenvalue weighted by molar-refractivity contribution is -0.124. The molecule has 0 bridgehead atoms. The first-order chi connectivity index (χ1) is 18.4. The molecule has 4 atom stereocenters. The number of nitrogens with zero attached hydrogens (tertiary/aromatic N) is 2. The van der Waals surface area contributed by atoms with Crippen LogP contribution in [0.3, 0.4) is 0 Å². The second-order valence-electron chi connectivity index (χ2n) is 9.29. The van der Waals surface area contributed by atoms with Gasteiger partial charge >= 0.3 is 0 Å². The van der Waals surface area contributed by atoms with Gasteiger partial charge in [0.15, 0.2) is 0 Å². The van der Waals surface area contributed by atoms with Gasteiger partial charge in [0, 0.05) is 30.3 Å². The third-order valence-corrected chi connectivity index (χ3v) is 6.62. The highest BCUT2D eigenvalue weighted by Gasteiger charge is 2.33. The van der Waals surface area contributed by atoms with Gasteiger partial charge < -0.3 is 25.0 Å². The zero-order valence-electron chi connectivity index (χ0n) is 21.0. The SMILES string of the molecule is COc1ccc2nccc(CC[C@@H]3CC[C@@H](NC(=O)C=Cc4cc(F)ccc4F)[C@@H](C[C@H](O)CO)O3)c2n1. The molecule has 38 heavy (non-hydrogen) atoms. The van der Waals surface area contributed by atoms with Gasteiger partial charge in [0.2, 0.25) is 11.8 Å². The van der Waals surface area contributed by atoms with E-state index in [1.807, 2.05) is 12.1 Å². The van der Waals surface area contributed by atoms with Crippen molar-refractivity contribution in [1.29, 1.82) is 0 Å². The van der Waals surface area contributed by atoms with E-state index in [1.54, 1.807) is 19.4 Å². The summed E-state index contributed by atoms with van der Waals surface area (Å²) in [7, 11) is 1.56. The number of carbonyl (C=O) groups is 1. The summed E-state index contributed by atoms with van der Waals surface area (Å²) in [4.78, 5) is 21.4. The number of hydrogen-bond acceptors (Lipinski definition) is 7. The number of aryl methyl sites for hydroxylation is 1. The Bertz CT molecular complexity index is 1290. The summed E-state index contributed by atoms with van der Waals surface area (Å²) in [5.41, 5.74) is 2.50. The molecule has 0 radical (unpaired) electrons. The van der Waals surface area contributed by atoms with Crippen LogP contribution in [0.15, 0.2) is 48.7 Å². The second-order valence-corrected chi connectivity index (χ2v) is 9.29. The normalized spacial score (nSPS) is 20.5. The quantitative estimate of drug-likeness (QED) is 0.347. The van der Waals surface area contributed by atoms with E-state index in [1.165, 1.54) is 6.08 Å². The number of aliphatic hydroxyl groups excluding tert-OH is 2. The first-order valence-corrected chi connectivity index (χ1v) is 12.5. The van der Waals surface area contributed by atoms with E-state index in [-0.39, 0.29) is 18.1 Å². The Morgan fingerprint density at radius 3 is 2.89 bits per heavy atom. The monoisotopic (exact) mass is 527 g/mol. The van der Waals surface area contributed by atoms with Gasteiger partial charge in [0.05, 0.1) is 49.1 Å². The molecule has 10 heteroatoms. The maximum atomic E-state index is 13.9. The van der Waals surface area contributed by atoms with Crippen molar-refractivity contribution in [1.82, 2.24) is 15.3 Å². The standard InChI is InChI=1S/C28H31F2N3O5/c1-37-27-11-9-24-28(33-27)17(12-13-31-24)2-5-21-6-8-23(25(38-21)15-20(35)16-34)32-26(36)10-3-18-14-19(29)4-7-22(18)30/h3-4,7,9-14,20-21,23,25,34-35H,2,5-6,8,15-16H2,1H3,(H,32,36)/t20-,21+,23+,25+/m0/s1. The fourth-order valence-electron chi connectivity index (χ4n) is 4.63. The Hall–Kier alpha value is -3.47. The smallest absolute Gasteiger partial charge is 0.244 e. The van der Waals surface area contributed by atoms with Crippen LogP contribution in [-0.2, 0) is 16.0 Å². The van der Waals surface area contributed by atoms with Crippen LogP contribution in [0.1, 0.15) is 36.8 Å². The van der Waals surface area contributed by atoms with Crippen molar-refractivity contribution in [2.24, 2.45) is 0 Å². The minimum atomic E-state index is -1.00. The topological polar surface area (TPSA) is 114 Å². The summed E-state index contributed by atoms with van der Waals surface area (Å²) < 4.78 is 38.8. The summed E-state index contributed by atoms with van der Waals surface area (Å²) in [6, 6.07) is 8.12. The number of amides is 1. The first-order valence-electron chi connectivity index (χ1n) is 12.5. The Labute approximate surface area is 219 Å². The van der Waals surface area contributed by atoms with Crippen molar-refractivity contribution >= 4 is 23.0 Å². The highest BCUT2D eigenvalue weighted by Crippen LogP contribution is 2.27. The summed E-state index contributed by atoms with van der Waals surface area (Å²) in [5, 5.41) is 22.3. The second kappa shape index (κ2) is 12.9. The number of aromatic nitrogens is 2. The zero-order chi connectivity index (χ0) is 27.1. The summed E-state index contributed by atoms with van der Waals surface area (Å²) in [6.45, 7) is -0.430. The van der Waals surface area contributed by atoms with Gasteiger partial charge in [0.1, 0.15) is 11.6 Å². The number of fused-ring (bicyclic) bond motifs is 1. The lowest BCUT2D eigenvalue weighted by Gasteiger charge is -2.37. The minimum Gasteiger partial charge on any atom is -0.481 e. The fourth-order valence-corrected chi connectivity index (χ4v) is 4.63. The van der Waals surface area contributed by atoms with Gasteiger partial charge in [0.25, 0.3) is 0 Å². The molecule has 202 valence electrons. The van der Waals surface area contributed by atoms with Gasteiger partial charge in [-0.3, -0.25) is 9.78 Å². The number of pyridine rings is 2. The summed E-state index contributed by atoms with van der Waals surface area (Å²) in [5.74, 6) is -1.23. The molecule has 0 aliphatic carbocycles. The van der Waals surface area contributed by atoms with Crippen LogP contribution >= 0.6 is 0 Å². The first kappa shape index (κ1) is 27.6. The number of benzene rings is 1.